The van der Waals surface area contributed by atoms with Gasteiger partial charge in [-0.05, 0) is 77.9 Å². The number of benzene rings is 4. The molecule has 0 aliphatic carbocycles. The number of hydrogen-bond acceptors (Lipinski definition) is 8. The molecule has 0 spiro atoms. The summed E-state index contributed by atoms with van der Waals surface area (Å²) in [5.74, 6) is 0.137. The van der Waals surface area contributed by atoms with E-state index in [0.717, 1.165) is 0 Å². The van der Waals surface area contributed by atoms with Crippen LogP contribution in [-0.4, -0.2) is 53.4 Å². The fourth-order valence-electron chi connectivity index (χ4n) is 4.46. The molecule has 0 unspecified atom stereocenters. The van der Waals surface area contributed by atoms with Crippen LogP contribution in [0.1, 0.15) is 12.5 Å². The first-order valence-corrected chi connectivity index (χ1v) is 16.7. The number of amidine groups is 2. The molecule has 3 N–H and O–H groups in total. The van der Waals surface area contributed by atoms with Crippen LogP contribution in [0.4, 0.5) is 0 Å². The fourth-order valence-corrected chi connectivity index (χ4v) is 8.43. The van der Waals surface area contributed by atoms with E-state index >= 15 is 0 Å². The monoisotopic (exact) mass is 704 g/mol. The van der Waals surface area contributed by atoms with E-state index in [4.69, 9.17) is 30.0 Å². The zero-order valence-corrected chi connectivity index (χ0v) is 28.3. The van der Waals surface area contributed by atoms with Gasteiger partial charge in [0.25, 0.3) is 0 Å². The molecule has 4 rings (SSSR count). The van der Waals surface area contributed by atoms with E-state index in [1.165, 1.54) is 15.9 Å². The molecule has 45 heavy (non-hydrogen) atoms. The number of ether oxygens (including phenoxy) is 1. The molecule has 235 valence electrons. The van der Waals surface area contributed by atoms with Crippen LogP contribution in [0.2, 0.25) is 0 Å². The summed E-state index contributed by atoms with van der Waals surface area (Å²) in [5, 5.41) is 36.4. The largest absolute Gasteiger partial charge is 2.00 e. The van der Waals surface area contributed by atoms with Crippen molar-refractivity contribution in [3.8, 4) is 5.75 Å². The Morgan fingerprint density at radius 2 is 1.20 bits per heavy atom. The normalized spacial score (nSPS) is 12.8. The average Bonchev–Trinajstić information content (AvgIpc) is 3.07. The predicted molar refractivity (Wildman–Crippen MR) is 190 cm³/mol. The van der Waals surface area contributed by atoms with Crippen LogP contribution in [-0.2, 0) is 47.1 Å². The van der Waals surface area contributed by atoms with Crippen LogP contribution < -0.4 is 26.5 Å². The van der Waals surface area contributed by atoms with E-state index in [1.54, 1.807) is 38.2 Å². The number of rotatable bonds is 12. The first-order chi connectivity index (χ1) is 21.4. The summed E-state index contributed by atoms with van der Waals surface area (Å²) < 4.78 is 6.39. The van der Waals surface area contributed by atoms with E-state index in [-0.39, 0.29) is 33.2 Å². The quantitative estimate of drug-likeness (QED) is 0.0392. The zero-order valence-electron chi connectivity index (χ0n) is 24.8. The fraction of sp³-hybridized carbons (Fsp3) is 0.152. The van der Waals surface area contributed by atoms with Crippen molar-refractivity contribution < 1.29 is 26.9 Å². The van der Waals surface area contributed by atoms with Crippen molar-refractivity contribution in [1.29, 1.82) is 0 Å². The van der Waals surface area contributed by atoms with E-state index in [1.807, 2.05) is 18.2 Å². The SMILES string of the molecule is CN/C([S-])=N/N=C(/C(C)=N/N=C(\[S-])NCCOC[P+](c1ccccc1)(c1ccccc1)c1ccccc1)c1ccc(O)cc1.[Cu+2]. The second-order valence-corrected chi connectivity index (χ2v) is 13.7. The summed E-state index contributed by atoms with van der Waals surface area (Å²) in [5.41, 5.74) is 1.61. The van der Waals surface area contributed by atoms with Crippen LogP contribution in [0.25, 0.3) is 0 Å². The molecule has 0 aliphatic heterocycles. The van der Waals surface area contributed by atoms with Gasteiger partial charge in [-0.15, -0.1) is 5.10 Å². The first-order valence-electron chi connectivity index (χ1n) is 13.9. The summed E-state index contributed by atoms with van der Waals surface area (Å²) in [4.78, 5) is 0. The Morgan fingerprint density at radius 3 is 1.69 bits per heavy atom. The van der Waals surface area contributed by atoms with Crippen molar-refractivity contribution in [3.63, 3.8) is 0 Å². The van der Waals surface area contributed by atoms with Crippen LogP contribution in [0.5, 0.6) is 5.75 Å². The van der Waals surface area contributed by atoms with Gasteiger partial charge in [-0.25, -0.2) is 0 Å². The Hall–Kier alpha value is -3.69. The van der Waals surface area contributed by atoms with Gasteiger partial charge < -0.3 is 45.7 Å². The zero-order chi connectivity index (χ0) is 31.2. The minimum absolute atomic E-state index is 0. The van der Waals surface area contributed by atoms with Crippen LogP contribution >= 0.6 is 7.26 Å². The molecule has 4 aromatic carbocycles. The van der Waals surface area contributed by atoms with Gasteiger partial charge >= 0.3 is 17.1 Å². The molecule has 0 amide bonds. The minimum Gasteiger partial charge on any atom is -0.741 e. The van der Waals surface area contributed by atoms with Crippen molar-refractivity contribution in [2.45, 2.75) is 6.92 Å². The maximum absolute atomic E-state index is 9.67. The molecule has 0 fully saturated rings. The van der Waals surface area contributed by atoms with Gasteiger partial charge in [-0.3, -0.25) is 0 Å². The maximum atomic E-state index is 9.67. The van der Waals surface area contributed by atoms with E-state index in [9.17, 15) is 5.11 Å². The Bertz CT molecular complexity index is 1510. The number of nitrogens with one attached hydrogen (secondary N) is 2. The number of hydrogen-bond donors (Lipinski definition) is 3. The smallest absolute Gasteiger partial charge is 0.741 e. The van der Waals surface area contributed by atoms with Crippen molar-refractivity contribution >= 4 is 70.2 Å². The van der Waals surface area contributed by atoms with E-state index < -0.39 is 7.26 Å². The molecule has 0 saturated heterocycles. The molecule has 0 atom stereocenters. The molecule has 0 aliphatic rings. The molecule has 4 aromatic rings. The van der Waals surface area contributed by atoms with Gasteiger partial charge in [0.15, 0.2) is 6.35 Å². The third kappa shape index (κ3) is 9.90. The molecule has 1 radical (unpaired) electrons. The van der Waals surface area contributed by atoms with Gasteiger partial charge in [-0.2, -0.15) is 15.3 Å². The topological polar surface area (TPSA) is 103 Å². The summed E-state index contributed by atoms with van der Waals surface area (Å²) >= 11 is 10.5. The Balaban J connectivity index is 0.00000552. The van der Waals surface area contributed by atoms with Crippen molar-refractivity contribution in [2.75, 3.05) is 26.5 Å². The first kappa shape index (κ1) is 35.8. The molecule has 0 saturated carbocycles. The van der Waals surface area contributed by atoms with Gasteiger partial charge in [-0.1, -0.05) is 54.6 Å². The Morgan fingerprint density at radius 1 is 0.711 bits per heavy atom. The third-order valence-electron chi connectivity index (χ3n) is 6.63. The second-order valence-electron chi connectivity index (χ2n) is 9.52. The third-order valence-corrected chi connectivity index (χ3v) is 11.2. The van der Waals surface area contributed by atoms with Crippen LogP contribution in [0.15, 0.2) is 136 Å². The number of aromatic hydroxyl groups is 1. The molecule has 12 heteroatoms. The number of phenols is 1. The van der Waals surface area contributed by atoms with Gasteiger partial charge in [0, 0.05) is 19.2 Å². The molecular weight excluding hydrogens is 671 g/mol. The summed E-state index contributed by atoms with van der Waals surface area (Å²) in [7, 11) is -0.417. The van der Waals surface area contributed by atoms with Gasteiger partial charge in [0.1, 0.15) is 34.6 Å². The number of nitrogens with zero attached hydrogens (tertiary/aromatic N) is 4. The number of phenolic OH excluding ortho intramolecular Hbond substituents is 1. The average molecular weight is 705 g/mol. The molecular formula is C33H34CuN6O2PS2+. The minimum atomic E-state index is -2.08. The summed E-state index contributed by atoms with van der Waals surface area (Å²) in [6, 6.07) is 38.3. The second kappa shape index (κ2) is 18.3. The van der Waals surface area contributed by atoms with Crippen LogP contribution in [0, 0.1) is 0 Å². The van der Waals surface area contributed by atoms with Gasteiger partial charge in [0.2, 0.25) is 0 Å². The molecule has 0 aromatic heterocycles. The van der Waals surface area contributed by atoms with Crippen molar-refractivity contribution in [3.05, 3.63) is 121 Å². The standard InChI is InChI=1S/C33H35N6O2PS2.Cu/c1-25(31(37-38-32(43)34-2)26-18-20-27(40)21-19-26)36-39-33(44)35-22-23-41-24-42(28-12-6-3-7-13-28,29-14-8-4-9-15-29)30-16-10-5-11-17-30;/h3-21H,22-24H2,1-2H3,(H4-,34,35,36,37,38,39,40,43,44);/q;+2/p-1. The molecule has 0 bridgehead atoms. The summed E-state index contributed by atoms with van der Waals surface area (Å²) in [6.45, 7) is 2.63. The van der Waals surface area contributed by atoms with E-state index in [2.05, 4.69) is 104 Å². The van der Waals surface area contributed by atoms with Crippen molar-refractivity contribution in [1.82, 2.24) is 10.6 Å². The Labute approximate surface area is 286 Å². The Kier molecular flexibility index (Phi) is 14.6. The van der Waals surface area contributed by atoms with Crippen molar-refractivity contribution in [2.24, 2.45) is 20.4 Å². The van der Waals surface area contributed by atoms with Crippen LogP contribution in [0.3, 0.4) is 0 Å². The predicted octanol–water partition coefficient (Wildman–Crippen LogP) is 4.05. The van der Waals surface area contributed by atoms with E-state index in [0.29, 0.717) is 36.5 Å². The molecule has 8 nitrogen and oxygen atoms in total. The maximum Gasteiger partial charge on any atom is 2.00 e. The van der Waals surface area contributed by atoms with Gasteiger partial charge in [0.05, 0.1) is 12.3 Å². The molecule has 0 heterocycles. The summed E-state index contributed by atoms with van der Waals surface area (Å²) in [6.07, 6.45) is 0.540.